The lowest BCUT2D eigenvalue weighted by molar-refractivity contribution is -0.131. The highest BCUT2D eigenvalue weighted by Gasteiger charge is 2.29. The molecule has 0 spiro atoms. The summed E-state index contributed by atoms with van der Waals surface area (Å²) in [6.07, 6.45) is 2.06. The predicted octanol–water partition coefficient (Wildman–Crippen LogP) is 2.00. The van der Waals surface area contributed by atoms with Crippen molar-refractivity contribution in [2.24, 2.45) is 17.4 Å². The normalized spacial score (nSPS) is 15.3. The van der Waals surface area contributed by atoms with Crippen molar-refractivity contribution in [1.82, 2.24) is 5.32 Å². The van der Waals surface area contributed by atoms with E-state index in [2.05, 4.69) is 5.32 Å². The molecule has 0 unspecified atom stereocenters. The van der Waals surface area contributed by atoms with Crippen LogP contribution in [0.3, 0.4) is 0 Å². The first-order chi connectivity index (χ1) is 18.7. The summed E-state index contributed by atoms with van der Waals surface area (Å²) in [7, 11) is 0. The Morgan fingerprint density at radius 3 is 1.90 bits per heavy atom. The van der Waals surface area contributed by atoms with Gasteiger partial charge in [-0.1, -0.05) is 84.9 Å². The van der Waals surface area contributed by atoms with Gasteiger partial charge in [0.1, 0.15) is 11.8 Å². The van der Waals surface area contributed by atoms with Gasteiger partial charge in [0.05, 0.1) is 18.1 Å². The number of hydrogen-bond acceptors (Lipinski definition) is 6. The van der Waals surface area contributed by atoms with Gasteiger partial charge in [0.25, 0.3) is 0 Å². The number of phenols is 1. The first-order valence-corrected chi connectivity index (χ1v) is 13.0. The lowest BCUT2D eigenvalue weighted by atomic mass is 9.91. The van der Waals surface area contributed by atoms with Crippen molar-refractivity contribution >= 4 is 11.8 Å². The molecule has 206 valence electrons. The maximum absolute atomic E-state index is 13.3. The Kier molecular flexibility index (Phi) is 11.2. The Morgan fingerprint density at radius 1 is 0.795 bits per heavy atom. The van der Waals surface area contributed by atoms with Crippen LogP contribution in [0.25, 0.3) is 0 Å². The predicted molar refractivity (Wildman–Crippen MR) is 150 cm³/mol. The number of primary amides is 1. The van der Waals surface area contributed by atoms with Crippen molar-refractivity contribution in [3.8, 4) is 5.75 Å². The molecular weight excluding hydrogens is 494 g/mol. The smallest absolute Gasteiger partial charge is 0.240 e. The zero-order valence-electron chi connectivity index (χ0n) is 21.8. The minimum absolute atomic E-state index is 0.154. The molecule has 3 rings (SSSR count). The molecule has 0 aliphatic carbocycles. The Morgan fingerprint density at radius 2 is 1.33 bits per heavy atom. The number of amides is 2. The minimum Gasteiger partial charge on any atom is -0.508 e. The molecule has 0 saturated carbocycles. The third kappa shape index (κ3) is 9.68. The van der Waals surface area contributed by atoms with Gasteiger partial charge < -0.3 is 32.1 Å². The minimum atomic E-state index is -1.18. The topological polar surface area (TPSA) is 159 Å². The zero-order chi connectivity index (χ0) is 28.2. The maximum Gasteiger partial charge on any atom is 0.240 e. The fourth-order valence-electron chi connectivity index (χ4n) is 4.29. The average molecular weight is 532 g/mol. The van der Waals surface area contributed by atoms with E-state index in [-0.39, 0.29) is 25.0 Å². The molecule has 3 aromatic rings. The van der Waals surface area contributed by atoms with Gasteiger partial charge in [-0.25, -0.2) is 0 Å². The van der Waals surface area contributed by atoms with Gasteiger partial charge in [0.15, 0.2) is 0 Å². The first kappa shape index (κ1) is 29.6. The van der Waals surface area contributed by atoms with Gasteiger partial charge in [0.2, 0.25) is 11.8 Å². The van der Waals surface area contributed by atoms with Crippen molar-refractivity contribution in [1.29, 1.82) is 0 Å². The van der Waals surface area contributed by atoms with Crippen LogP contribution in [0.1, 0.15) is 23.1 Å². The van der Waals surface area contributed by atoms with E-state index >= 15 is 0 Å². The number of aromatic hydroxyl groups is 1. The second-order valence-corrected chi connectivity index (χ2v) is 9.71. The molecule has 0 heterocycles. The van der Waals surface area contributed by atoms with Gasteiger partial charge in [-0.2, -0.15) is 0 Å². The fourth-order valence-corrected chi connectivity index (χ4v) is 4.29. The average Bonchev–Trinajstić information content (AvgIpc) is 2.93. The van der Waals surface area contributed by atoms with Gasteiger partial charge in [-0.05, 0) is 48.1 Å². The van der Waals surface area contributed by atoms with Crippen LogP contribution in [-0.2, 0) is 28.9 Å². The number of nitrogens with two attached hydrogens (primary N) is 2. The SMILES string of the molecule is NC(=O)[C@H](Cc1ccccc1)NC(=O)[C@H](Cc1ccccc1)[C@H](O)/C=C/C[C@H](O)[C@@H](N)Cc1ccc(O)cc1. The molecule has 8 N–H and O–H groups in total. The summed E-state index contributed by atoms with van der Waals surface area (Å²) in [5, 5.41) is 33.6. The van der Waals surface area contributed by atoms with E-state index in [0.717, 1.165) is 16.7 Å². The molecule has 0 aliphatic rings. The number of carbonyl (C=O) groups is 2. The zero-order valence-corrected chi connectivity index (χ0v) is 21.8. The molecule has 0 radical (unpaired) electrons. The van der Waals surface area contributed by atoms with Crippen LogP contribution in [0.5, 0.6) is 5.75 Å². The van der Waals surface area contributed by atoms with E-state index in [9.17, 15) is 24.9 Å². The molecule has 5 atom stereocenters. The first-order valence-electron chi connectivity index (χ1n) is 13.0. The molecule has 0 saturated heterocycles. The van der Waals surface area contributed by atoms with Crippen LogP contribution < -0.4 is 16.8 Å². The molecule has 8 heteroatoms. The summed E-state index contributed by atoms with van der Waals surface area (Å²) >= 11 is 0. The third-order valence-corrected chi connectivity index (χ3v) is 6.60. The van der Waals surface area contributed by atoms with Crippen LogP contribution in [0.15, 0.2) is 97.1 Å². The van der Waals surface area contributed by atoms with Crippen molar-refractivity contribution in [2.75, 3.05) is 0 Å². The lowest BCUT2D eigenvalue weighted by Crippen LogP contribution is -2.50. The molecule has 39 heavy (non-hydrogen) atoms. The number of phenolic OH excluding ortho intramolecular Hbond substituents is 1. The number of carbonyl (C=O) groups excluding carboxylic acids is 2. The van der Waals surface area contributed by atoms with Crippen LogP contribution in [0.2, 0.25) is 0 Å². The number of nitrogens with one attached hydrogen (secondary N) is 1. The highest BCUT2D eigenvalue weighted by molar-refractivity contribution is 5.88. The largest absolute Gasteiger partial charge is 0.508 e. The number of benzene rings is 3. The second kappa shape index (κ2) is 14.8. The number of rotatable bonds is 14. The second-order valence-electron chi connectivity index (χ2n) is 9.71. The van der Waals surface area contributed by atoms with Crippen molar-refractivity contribution in [3.05, 3.63) is 114 Å². The number of hydrogen-bond donors (Lipinski definition) is 6. The van der Waals surface area contributed by atoms with Crippen LogP contribution >= 0.6 is 0 Å². The summed E-state index contributed by atoms with van der Waals surface area (Å²) in [6, 6.07) is 23.6. The highest BCUT2D eigenvalue weighted by atomic mass is 16.3. The van der Waals surface area contributed by atoms with E-state index in [4.69, 9.17) is 11.5 Å². The molecule has 0 aromatic heterocycles. The van der Waals surface area contributed by atoms with Crippen molar-refractivity contribution in [3.63, 3.8) is 0 Å². The lowest BCUT2D eigenvalue weighted by Gasteiger charge is -2.24. The molecule has 0 fully saturated rings. The van der Waals surface area contributed by atoms with Crippen LogP contribution in [0.4, 0.5) is 0 Å². The quantitative estimate of drug-likeness (QED) is 0.175. The van der Waals surface area contributed by atoms with E-state index < -0.39 is 42.0 Å². The van der Waals surface area contributed by atoms with E-state index in [0.29, 0.717) is 6.42 Å². The highest BCUT2D eigenvalue weighted by Crippen LogP contribution is 2.17. The Labute approximate surface area is 229 Å². The summed E-state index contributed by atoms with van der Waals surface area (Å²) in [5.41, 5.74) is 14.3. The Balaban J connectivity index is 1.66. The summed E-state index contributed by atoms with van der Waals surface area (Å²) < 4.78 is 0. The number of aliphatic hydroxyl groups is 2. The number of aliphatic hydroxyl groups excluding tert-OH is 2. The Bertz CT molecular complexity index is 1200. The van der Waals surface area contributed by atoms with E-state index in [1.54, 1.807) is 30.3 Å². The standard InChI is InChI=1S/C31H37N3O5/c32-26(19-23-14-16-24(35)17-15-23)29(37)13-7-12-28(36)25(18-21-8-3-1-4-9-21)31(39)34-27(30(33)38)20-22-10-5-2-6-11-22/h1-12,14-17,25-29,35-37H,13,18-20,32H2,(H2,33,38)(H,34,39)/b12-7+/t25-,26+,27+,28-,29+/m1/s1. The fraction of sp³-hybridized carbons (Fsp3) is 0.290. The maximum atomic E-state index is 13.3. The monoisotopic (exact) mass is 531 g/mol. The van der Waals surface area contributed by atoms with Crippen molar-refractivity contribution < 1.29 is 24.9 Å². The summed E-state index contributed by atoms with van der Waals surface area (Å²) in [5.74, 6) is -1.91. The van der Waals surface area contributed by atoms with Gasteiger partial charge in [-0.15, -0.1) is 0 Å². The van der Waals surface area contributed by atoms with Crippen LogP contribution in [-0.4, -0.2) is 51.4 Å². The molecule has 0 bridgehead atoms. The summed E-state index contributed by atoms with van der Waals surface area (Å²) in [6.45, 7) is 0. The molecule has 0 aliphatic heterocycles. The van der Waals surface area contributed by atoms with Crippen LogP contribution in [0, 0.1) is 5.92 Å². The summed E-state index contributed by atoms with van der Waals surface area (Å²) in [4.78, 5) is 25.5. The Hall–Kier alpha value is -3.98. The molecule has 3 aromatic carbocycles. The molecular formula is C31H37N3O5. The molecule has 8 nitrogen and oxygen atoms in total. The van der Waals surface area contributed by atoms with E-state index in [1.807, 2.05) is 60.7 Å². The van der Waals surface area contributed by atoms with Gasteiger partial charge >= 0.3 is 0 Å². The van der Waals surface area contributed by atoms with Gasteiger partial charge in [0, 0.05) is 12.5 Å². The molecule has 2 amide bonds. The third-order valence-electron chi connectivity index (χ3n) is 6.60. The van der Waals surface area contributed by atoms with E-state index in [1.165, 1.54) is 6.08 Å². The van der Waals surface area contributed by atoms with Gasteiger partial charge in [-0.3, -0.25) is 9.59 Å². The van der Waals surface area contributed by atoms with Crippen molar-refractivity contribution in [2.45, 2.75) is 50.0 Å².